The van der Waals surface area contributed by atoms with Gasteiger partial charge in [-0.05, 0) is 54.1 Å². The van der Waals surface area contributed by atoms with E-state index in [9.17, 15) is 9.90 Å². The van der Waals surface area contributed by atoms with E-state index in [0.717, 1.165) is 32.7 Å². The van der Waals surface area contributed by atoms with Crippen LogP contribution in [0.15, 0.2) is 89.5 Å². The van der Waals surface area contributed by atoms with Gasteiger partial charge in [-0.1, -0.05) is 57.9 Å². The molecule has 0 bridgehead atoms. The molecule has 0 amide bonds. The zero-order chi connectivity index (χ0) is 21.8. The summed E-state index contributed by atoms with van der Waals surface area (Å²) in [5.41, 5.74) is 3.94. The maximum atomic E-state index is 11.5. The third kappa shape index (κ3) is 5.01. The summed E-state index contributed by atoms with van der Waals surface area (Å²) in [6, 6.07) is 24.9. The van der Waals surface area contributed by atoms with Gasteiger partial charge in [0.1, 0.15) is 12.4 Å². The molecule has 1 N–H and O–H groups in total. The summed E-state index contributed by atoms with van der Waals surface area (Å²) >= 11 is 9.58. The molecule has 0 aliphatic heterocycles. The molecule has 1 heterocycles. The number of halogens is 2. The Labute approximate surface area is 193 Å². The SMILES string of the molecule is O=C(O)c1cc(-n2cccc2Cc2cc(Br)ccc2OCc2ccccc2)ccc1Cl. The van der Waals surface area contributed by atoms with Crippen LogP contribution in [0.3, 0.4) is 0 Å². The average Bonchev–Trinajstić information content (AvgIpc) is 3.22. The predicted octanol–water partition coefficient (Wildman–Crippen LogP) is 6.76. The van der Waals surface area contributed by atoms with Gasteiger partial charge >= 0.3 is 5.97 Å². The first-order valence-corrected chi connectivity index (χ1v) is 10.8. The molecule has 4 nitrogen and oxygen atoms in total. The highest BCUT2D eigenvalue weighted by molar-refractivity contribution is 9.10. The number of benzene rings is 3. The second-order valence-corrected chi connectivity index (χ2v) is 8.36. The molecule has 4 aromatic rings. The Morgan fingerprint density at radius 1 is 1.00 bits per heavy atom. The van der Waals surface area contributed by atoms with Crippen LogP contribution in [-0.4, -0.2) is 15.6 Å². The Morgan fingerprint density at radius 3 is 2.58 bits per heavy atom. The van der Waals surface area contributed by atoms with E-state index in [-0.39, 0.29) is 10.6 Å². The molecule has 0 radical (unpaired) electrons. The highest BCUT2D eigenvalue weighted by Crippen LogP contribution is 2.28. The number of nitrogens with zero attached hydrogens (tertiary/aromatic N) is 1. The molecule has 0 saturated heterocycles. The zero-order valence-electron chi connectivity index (χ0n) is 16.5. The Hall–Kier alpha value is -3.02. The fourth-order valence-corrected chi connectivity index (χ4v) is 4.00. The Morgan fingerprint density at radius 2 is 1.81 bits per heavy atom. The molecule has 1 aromatic heterocycles. The van der Waals surface area contributed by atoms with E-state index < -0.39 is 5.97 Å². The Balaban J connectivity index is 1.62. The monoisotopic (exact) mass is 495 g/mol. The quantitative estimate of drug-likeness (QED) is 0.307. The van der Waals surface area contributed by atoms with Gasteiger partial charge in [0, 0.05) is 34.0 Å². The fourth-order valence-electron chi connectivity index (χ4n) is 3.40. The van der Waals surface area contributed by atoms with Crippen molar-refractivity contribution < 1.29 is 14.6 Å². The van der Waals surface area contributed by atoms with Gasteiger partial charge in [0.05, 0.1) is 10.6 Å². The maximum absolute atomic E-state index is 11.5. The van der Waals surface area contributed by atoms with Crippen LogP contribution in [0.25, 0.3) is 5.69 Å². The number of hydrogen-bond acceptors (Lipinski definition) is 2. The Kier molecular flexibility index (Phi) is 6.44. The van der Waals surface area contributed by atoms with Crippen molar-refractivity contribution in [3.8, 4) is 11.4 Å². The summed E-state index contributed by atoms with van der Waals surface area (Å²) < 4.78 is 9.04. The summed E-state index contributed by atoms with van der Waals surface area (Å²) in [5.74, 6) is -0.244. The number of carboxylic acids is 1. The number of aromatic nitrogens is 1. The molecule has 0 atom stereocenters. The van der Waals surface area contributed by atoms with E-state index in [4.69, 9.17) is 16.3 Å². The van der Waals surface area contributed by atoms with Crippen LogP contribution in [0.1, 0.15) is 27.2 Å². The van der Waals surface area contributed by atoms with Crippen molar-refractivity contribution in [1.29, 1.82) is 0 Å². The third-order valence-corrected chi connectivity index (χ3v) is 5.75. The lowest BCUT2D eigenvalue weighted by molar-refractivity contribution is 0.0697. The van der Waals surface area contributed by atoms with Crippen LogP contribution < -0.4 is 4.74 Å². The number of rotatable bonds is 7. The van der Waals surface area contributed by atoms with Crippen molar-refractivity contribution in [1.82, 2.24) is 4.57 Å². The third-order valence-electron chi connectivity index (χ3n) is 4.92. The first kappa shape index (κ1) is 21.2. The molecule has 31 heavy (non-hydrogen) atoms. The van der Waals surface area contributed by atoms with Crippen LogP contribution in [0, 0.1) is 0 Å². The first-order chi connectivity index (χ1) is 15.0. The number of ether oxygens (including phenoxy) is 1. The second-order valence-electron chi connectivity index (χ2n) is 7.04. The van der Waals surface area contributed by atoms with Crippen molar-refractivity contribution in [2.75, 3.05) is 0 Å². The van der Waals surface area contributed by atoms with Gasteiger partial charge in [0.25, 0.3) is 0 Å². The van der Waals surface area contributed by atoms with E-state index in [1.165, 1.54) is 0 Å². The molecule has 6 heteroatoms. The summed E-state index contributed by atoms with van der Waals surface area (Å²) in [5, 5.41) is 9.61. The molecule has 0 aliphatic rings. The van der Waals surface area contributed by atoms with E-state index in [2.05, 4.69) is 15.9 Å². The molecule has 156 valence electrons. The molecule has 4 rings (SSSR count). The molecule has 0 fully saturated rings. The number of carbonyl (C=O) groups is 1. The van der Waals surface area contributed by atoms with Crippen molar-refractivity contribution in [3.05, 3.63) is 117 Å². The molecule has 3 aromatic carbocycles. The van der Waals surface area contributed by atoms with Crippen LogP contribution in [0.5, 0.6) is 5.75 Å². The first-order valence-electron chi connectivity index (χ1n) is 9.66. The van der Waals surface area contributed by atoms with Crippen molar-refractivity contribution in [2.24, 2.45) is 0 Å². The fraction of sp³-hybridized carbons (Fsp3) is 0.0800. The smallest absolute Gasteiger partial charge is 0.337 e. The van der Waals surface area contributed by atoms with Gasteiger partial charge in [-0.15, -0.1) is 0 Å². The van der Waals surface area contributed by atoms with Crippen molar-refractivity contribution >= 4 is 33.5 Å². The lowest BCUT2D eigenvalue weighted by Gasteiger charge is -2.15. The standard InChI is InChI=1S/C25H19BrClNO3/c26-19-8-11-24(31-16-17-5-2-1-3-6-17)18(13-19)14-20-7-4-12-28(20)21-9-10-23(27)22(15-21)25(29)30/h1-13,15H,14,16H2,(H,29,30). The van der Waals surface area contributed by atoms with E-state index >= 15 is 0 Å². The van der Waals surface area contributed by atoms with Gasteiger partial charge in [0.2, 0.25) is 0 Å². The molecule has 0 saturated carbocycles. The van der Waals surface area contributed by atoms with Gasteiger partial charge < -0.3 is 14.4 Å². The lowest BCUT2D eigenvalue weighted by atomic mass is 10.1. The van der Waals surface area contributed by atoms with E-state index in [1.807, 2.05) is 77.5 Å². The molecule has 0 aliphatic carbocycles. The average molecular weight is 497 g/mol. The lowest BCUT2D eigenvalue weighted by Crippen LogP contribution is -2.05. The highest BCUT2D eigenvalue weighted by atomic mass is 79.9. The van der Waals surface area contributed by atoms with Crippen molar-refractivity contribution in [3.63, 3.8) is 0 Å². The predicted molar refractivity (Wildman–Crippen MR) is 125 cm³/mol. The van der Waals surface area contributed by atoms with Crippen molar-refractivity contribution in [2.45, 2.75) is 13.0 Å². The molecule has 0 spiro atoms. The van der Waals surface area contributed by atoms with E-state index in [0.29, 0.717) is 13.0 Å². The zero-order valence-corrected chi connectivity index (χ0v) is 18.8. The number of aromatic carboxylic acids is 1. The van der Waals surface area contributed by atoms with Gasteiger partial charge in [-0.25, -0.2) is 4.79 Å². The van der Waals surface area contributed by atoms with Crippen LogP contribution in [-0.2, 0) is 13.0 Å². The maximum Gasteiger partial charge on any atom is 0.337 e. The minimum Gasteiger partial charge on any atom is -0.489 e. The minimum absolute atomic E-state index is 0.0770. The summed E-state index contributed by atoms with van der Waals surface area (Å²) in [4.78, 5) is 11.5. The minimum atomic E-state index is -1.05. The van der Waals surface area contributed by atoms with Gasteiger partial charge in [-0.2, -0.15) is 0 Å². The van der Waals surface area contributed by atoms with Gasteiger partial charge in [0.15, 0.2) is 0 Å². The second kappa shape index (κ2) is 9.41. The van der Waals surface area contributed by atoms with Crippen LogP contribution in [0.2, 0.25) is 5.02 Å². The Bertz CT molecular complexity index is 1220. The van der Waals surface area contributed by atoms with Crippen LogP contribution in [0.4, 0.5) is 0 Å². The normalized spacial score (nSPS) is 10.8. The number of hydrogen-bond donors (Lipinski definition) is 1. The number of carboxylic acid groups (broad SMARTS) is 1. The molecule has 0 unspecified atom stereocenters. The van der Waals surface area contributed by atoms with E-state index in [1.54, 1.807) is 12.1 Å². The topological polar surface area (TPSA) is 51.5 Å². The summed E-state index contributed by atoms with van der Waals surface area (Å²) in [6.45, 7) is 0.482. The van der Waals surface area contributed by atoms with Crippen LogP contribution >= 0.6 is 27.5 Å². The highest BCUT2D eigenvalue weighted by Gasteiger charge is 2.14. The molecular weight excluding hydrogens is 478 g/mol. The summed E-state index contributed by atoms with van der Waals surface area (Å²) in [6.07, 6.45) is 2.52. The largest absolute Gasteiger partial charge is 0.489 e. The summed E-state index contributed by atoms with van der Waals surface area (Å²) in [7, 11) is 0. The van der Waals surface area contributed by atoms with Gasteiger partial charge in [-0.3, -0.25) is 0 Å². The molecular formula is C25H19BrClNO3.